The van der Waals surface area contributed by atoms with Crippen molar-refractivity contribution in [2.24, 2.45) is 0 Å². The minimum absolute atomic E-state index is 0.0361. The maximum absolute atomic E-state index is 13.6. The summed E-state index contributed by atoms with van der Waals surface area (Å²) in [5.74, 6) is -1.88. The van der Waals surface area contributed by atoms with Crippen molar-refractivity contribution < 1.29 is 18.4 Å². The number of piperazine rings is 1. The first kappa shape index (κ1) is 14.4. The Labute approximate surface area is 116 Å². The largest absolute Gasteiger partial charge is 0.339 e. The molecule has 0 aliphatic carbocycles. The van der Waals surface area contributed by atoms with Crippen LogP contribution in [-0.4, -0.2) is 47.8 Å². The zero-order chi connectivity index (χ0) is 14.7. The van der Waals surface area contributed by atoms with Crippen molar-refractivity contribution in [3.05, 3.63) is 35.4 Å². The van der Waals surface area contributed by atoms with Crippen LogP contribution < -0.4 is 0 Å². The molecule has 2 rings (SSSR count). The Balaban J connectivity index is 2.05. The van der Waals surface area contributed by atoms with Gasteiger partial charge in [0.1, 0.15) is 11.6 Å². The number of nitrogens with zero attached hydrogens (tertiary/aromatic N) is 2. The summed E-state index contributed by atoms with van der Waals surface area (Å²) >= 11 is 0. The Bertz CT molecular complexity index is 526. The molecule has 2 amide bonds. The second-order valence-electron chi connectivity index (χ2n) is 4.65. The molecule has 0 bridgehead atoms. The van der Waals surface area contributed by atoms with Gasteiger partial charge in [-0.2, -0.15) is 0 Å². The zero-order valence-electron chi connectivity index (χ0n) is 11.2. The van der Waals surface area contributed by atoms with E-state index in [0.717, 1.165) is 18.2 Å². The maximum Gasteiger partial charge on any atom is 0.257 e. The normalized spacial score (nSPS) is 15.3. The Morgan fingerprint density at radius 3 is 2.30 bits per heavy atom. The molecule has 0 spiro atoms. The minimum atomic E-state index is -0.733. The van der Waals surface area contributed by atoms with Crippen molar-refractivity contribution in [3.8, 4) is 0 Å². The van der Waals surface area contributed by atoms with E-state index >= 15 is 0 Å². The van der Waals surface area contributed by atoms with Crippen LogP contribution in [0.25, 0.3) is 0 Å². The minimum Gasteiger partial charge on any atom is -0.339 e. The van der Waals surface area contributed by atoms with Gasteiger partial charge in [0, 0.05) is 32.6 Å². The summed E-state index contributed by atoms with van der Waals surface area (Å²) in [6.45, 7) is 3.30. The Hall–Kier alpha value is -1.98. The van der Waals surface area contributed by atoms with E-state index in [9.17, 15) is 18.4 Å². The lowest BCUT2D eigenvalue weighted by molar-refractivity contribution is -0.132. The number of halogens is 2. The molecule has 1 aromatic rings. The van der Waals surface area contributed by atoms with Crippen LogP contribution in [0.3, 0.4) is 0 Å². The van der Waals surface area contributed by atoms with E-state index in [-0.39, 0.29) is 11.5 Å². The number of carbonyl (C=O) groups excluding carboxylic acids is 2. The second-order valence-corrected chi connectivity index (χ2v) is 4.65. The molecule has 0 saturated carbocycles. The van der Waals surface area contributed by atoms with Gasteiger partial charge in [-0.1, -0.05) is 6.92 Å². The molecule has 108 valence electrons. The van der Waals surface area contributed by atoms with E-state index in [2.05, 4.69) is 0 Å². The molecule has 0 radical (unpaired) electrons. The third-order valence-corrected chi connectivity index (χ3v) is 3.38. The highest BCUT2D eigenvalue weighted by Gasteiger charge is 2.25. The van der Waals surface area contributed by atoms with Gasteiger partial charge >= 0.3 is 0 Å². The summed E-state index contributed by atoms with van der Waals surface area (Å²) in [4.78, 5) is 26.8. The summed E-state index contributed by atoms with van der Waals surface area (Å²) in [5, 5.41) is 0. The number of carbonyl (C=O) groups is 2. The van der Waals surface area contributed by atoms with Crippen molar-refractivity contribution in [2.75, 3.05) is 26.2 Å². The van der Waals surface area contributed by atoms with Crippen LogP contribution in [0.5, 0.6) is 0 Å². The van der Waals surface area contributed by atoms with Crippen molar-refractivity contribution in [2.45, 2.75) is 13.3 Å². The molecule has 1 aliphatic heterocycles. The Kier molecular flexibility index (Phi) is 4.32. The van der Waals surface area contributed by atoms with Crippen LogP contribution in [-0.2, 0) is 4.79 Å². The molecule has 4 nitrogen and oxygen atoms in total. The van der Waals surface area contributed by atoms with Crippen LogP contribution in [0, 0.1) is 11.6 Å². The number of hydrogen-bond donors (Lipinski definition) is 0. The van der Waals surface area contributed by atoms with Crippen molar-refractivity contribution >= 4 is 11.8 Å². The third kappa shape index (κ3) is 2.95. The van der Waals surface area contributed by atoms with E-state index in [4.69, 9.17) is 0 Å². The van der Waals surface area contributed by atoms with Gasteiger partial charge < -0.3 is 9.80 Å². The fourth-order valence-corrected chi connectivity index (χ4v) is 2.21. The summed E-state index contributed by atoms with van der Waals surface area (Å²) in [6.07, 6.45) is 0.423. The number of rotatable bonds is 2. The van der Waals surface area contributed by atoms with Crippen molar-refractivity contribution in [1.82, 2.24) is 9.80 Å². The monoisotopic (exact) mass is 282 g/mol. The summed E-state index contributed by atoms with van der Waals surface area (Å²) < 4.78 is 26.7. The highest BCUT2D eigenvalue weighted by Crippen LogP contribution is 2.14. The van der Waals surface area contributed by atoms with Crippen LogP contribution in [0.15, 0.2) is 18.2 Å². The fraction of sp³-hybridized carbons (Fsp3) is 0.429. The van der Waals surface area contributed by atoms with Gasteiger partial charge in [-0.05, 0) is 18.2 Å². The van der Waals surface area contributed by atoms with Gasteiger partial charge in [-0.3, -0.25) is 9.59 Å². The highest BCUT2D eigenvalue weighted by atomic mass is 19.1. The first-order valence-electron chi connectivity index (χ1n) is 6.55. The SMILES string of the molecule is CCC(=O)N1CCN(C(=O)c2cc(F)ccc2F)CC1. The van der Waals surface area contributed by atoms with Gasteiger partial charge in [0.05, 0.1) is 5.56 Å². The van der Waals surface area contributed by atoms with Crippen LogP contribution in [0.4, 0.5) is 8.78 Å². The summed E-state index contributed by atoms with van der Waals surface area (Å²) in [7, 11) is 0. The molecule has 6 heteroatoms. The second kappa shape index (κ2) is 5.98. The van der Waals surface area contributed by atoms with E-state index in [0.29, 0.717) is 32.6 Å². The van der Waals surface area contributed by atoms with Gasteiger partial charge in [-0.25, -0.2) is 8.78 Å². The van der Waals surface area contributed by atoms with Gasteiger partial charge in [-0.15, -0.1) is 0 Å². The van der Waals surface area contributed by atoms with Crippen LogP contribution in [0.1, 0.15) is 23.7 Å². The van der Waals surface area contributed by atoms with Crippen LogP contribution >= 0.6 is 0 Å². The molecule has 1 fully saturated rings. The molecule has 0 unspecified atom stereocenters. The lowest BCUT2D eigenvalue weighted by Crippen LogP contribution is -2.50. The molecule has 0 N–H and O–H groups in total. The third-order valence-electron chi connectivity index (χ3n) is 3.38. The van der Waals surface area contributed by atoms with Crippen LogP contribution in [0.2, 0.25) is 0 Å². The summed E-state index contributed by atoms with van der Waals surface area (Å²) in [6, 6.07) is 2.82. The number of benzene rings is 1. The molecular formula is C14H16F2N2O2. The van der Waals surface area contributed by atoms with Crippen molar-refractivity contribution in [1.29, 1.82) is 0 Å². The maximum atomic E-state index is 13.6. The predicted octanol–water partition coefficient (Wildman–Crippen LogP) is 1.66. The van der Waals surface area contributed by atoms with Gasteiger partial charge in [0.25, 0.3) is 5.91 Å². The topological polar surface area (TPSA) is 40.6 Å². The molecular weight excluding hydrogens is 266 g/mol. The van der Waals surface area contributed by atoms with E-state index in [1.807, 2.05) is 0 Å². The first-order chi connectivity index (χ1) is 9.52. The lowest BCUT2D eigenvalue weighted by Gasteiger charge is -2.34. The predicted molar refractivity (Wildman–Crippen MR) is 69.1 cm³/mol. The quantitative estimate of drug-likeness (QED) is 0.827. The fourth-order valence-electron chi connectivity index (χ4n) is 2.21. The smallest absolute Gasteiger partial charge is 0.257 e. The Morgan fingerprint density at radius 2 is 1.70 bits per heavy atom. The van der Waals surface area contributed by atoms with Gasteiger partial charge in [0.2, 0.25) is 5.91 Å². The van der Waals surface area contributed by atoms with E-state index < -0.39 is 17.5 Å². The molecule has 0 atom stereocenters. The van der Waals surface area contributed by atoms with E-state index in [1.54, 1.807) is 11.8 Å². The molecule has 1 saturated heterocycles. The van der Waals surface area contributed by atoms with Gasteiger partial charge in [0.15, 0.2) is 0 Å². The zero-order valence-corrected chi connectivity index (χ0v) is 11.2. The van der Waals surface area contributed by atoms with E-state index in [1.165, 1.54) is 4.90 Å². The highest BCUT2D eigenvalue weighted by molar-refractivity contribution is 5.94. The average Bonchev–Trinajstić information content (AvgIpc) is 2.48. The molecule has 20 heavy (non-hydrogen) atoms. The molecule has 0 aromatic heterocycles. The van der Waals surface area contributed by atoms with Crippen molar-refractivity contribution in [3.63, 3.8) is 0 Å². The lowest BCUT2D eigenvalue weighted by atomic mass is 10.1. The molecule has 1 aliphatic rings. The Morgan fingerprint density at radius 1 is 1.10 bits per heavy atom. The molecule has 1 aromatic carbocycles. The summed E-state index contributed by atoms with van der Waals surface area (Å²) in [5.41, 5.74) is -0.264. The first-order valence-corrected chi connectivity index (χ1v) is 6.55. The number of amides is 2. The molecule has 1 heterocycles. The average molecular weight is 282 g/mol. The number of hydrogen-bond acceptors (Lipinski definition) is 2. The standard InChI is InChI=1S/C14H16F2N2O2/c1-2-13(19)17-5-7-18(8-6-17)14(20)11-9-10(15)3-4-12(11)16/h3-4,9H,2,5-8H2,1H3.